The van der Waals surface area contributed by atoms with Crippen LogP contribution in [0, 0.1) is 0 Å². The number of para-hydroxylation sites is 1. The number of aromatic amines is 1. The summed E-state index contributed by atoms with van der Waals surface area (Å²) in [6.45, 7) is 0. The maximum atomic E-state index is 5.82. The average Bonchev–Trinajstić information content (AvgIpc) is 2.80. The van der Waals surface area contributed by atoms with Crippen LogP contribution in [-0.2, 0) is 0 Å². The average molecular weight is 239 g/mol. The number of nitrogens with zero attached hydrogens (tertiary/aromatic N) is 1. The molecule has 4 nitrogen and oxygen atoms in total. The lowest BCUT2D eigenvalue weighted by Crippen LogP contribution is -1.88. The number of rotatable bonds is 2. The first-order valence-corrected chi connectivity index (χ1v) is 5.66. The standard InChI is InChI=1S/C14H13N3O/c1-18-13-5-3-2-4-10(13)9-6-7-12-11(8-9)14(15)17-16-12/h2-8H,1H3,(H3,15,16,17). The lowest BCUT2D eigenvalue weighted by molar-refractivity contribution is 0.416. The Labute approximate surface area is 104 Å². The molecule has 1 aromatic heterocycles. The van der Waals surface area contributed by atoms with E-state index < -0.39 is 0 Å². The van der Waals surface area contributed by atoms with E-state index >= 15 is 0 Å². The zero-order valence-electron chi connectivity index (χ0n) is 9.97. The topological polar surface area (TPSA) is 63.9 Å². The Balaban J connectivity index is 2.21. The van der Waals surface area contributed by atoms with E-state index in [-0.39, 0.29) is 0 Å². The maximum Gasteiger partial charge on any atom is 0.153 e. The first kappa shape index (κ1) is 10.7. The quantitative estimate of drug-likeness (QED) is 0.722. The van der Waals surface area contributed by atoms with E-state index in [0.717, 1.165) is 27.8 Å². The molecule has 90 valence electrons. The minimum Gasteiger partial charge on any atom is -0.496 e. The van der Waals surface area contributed by atoms with Crippen molar-refractivity contribution in [1.82, 2.24) is 10.2 Å². The molecule has 3 rings (SSSR count). The number of nitrogen functional groups attached to an aromatic ring is 1. The van der Waals surface area contributed by atoms with Crippen molar-refractivity contribution in [3.63, 3.8) is 0 Å². The monoisotopic (exact) mass is 239 g/mol. The first-order chi connectivity index (χ1) is 8.79. The van der Waals surface area contributed by atoms with Crippen LogP contribution in [0.1, 0.15) is 0 Å². The minimum atomic E-state index is 0.516. The highest BCUT2D eigenvalue weighted by Gasteiger charge is 2.08. The maximum absolute atomic E-state index is 5.82. The molecular formula is C14H13N3O. The highest BCUT2D eigenvalue weighted by molar-refractivity contribution is 5.92. The van der Waals surface area contributed by atoms with E-state index in [9.17, 15) is 0 Å². The van der Waals surface area contributed by atoms with Gasteiger partial charge in [-0.05, 0) is 23.8 Å². The molecule has 2 aromatic carbocycles. The highest BCUT2D eigenvalue weighted by atomic mass is 16.5. The molecular weight excluding hydrogens is 226 g/mol. The van der Waals surface area contributed by atoms with Crippen molar-refractivity contribution in [3.05, 3.63) is 42.5 Å². The number of anilines is 1. The van der Waals surface area contributed by atoms with Crippen LogP contribution >= 0.6 is 0 Å². The van der Waals surface area contributed by atoms with Gasteiger partial charge in [-0.2, -0.15) is 5.10 Å². The van der Waals surface area contributed by atoms with E-state index in [1.54, 1.807) is 7.11 Å². The number of hydrogen-bond acceptors (Lipinski definition) is 3. The largest absolute Gasteiger partial charge is 0.496 e. The molecule has 0 aliphatic heterocycles. The van der Waals surface area contributed by atoms with Gasteiger partial charge in [0.05, 0.1) is 12.6 Å². The number of fused-ring (bicyclic) bond motifs is 1. The van der Waals surface area contributed by atoms with Crippen LogP contribution in [0.4, 0.5) is 5.82 Å². The van der Waals surface area contributed by atoms with Crippen LogP contribution in [0.15, 0.2) is 42.5 Å². The van der Waals surface area contributed by atoms with Crippen molar-refractivity contribution in [2.75, 3.05) is 12.8 Å². The fourth-order valence-electron chi connectivity index (χ4n) is 2.09. The summed E-state index contributed by atoms with van der Waals surface area (Å²) in [5, 5.41) is 7.81. The summed E-state index contributed by atoms with van der Waals surface area (Å²) in [7, 11) is 1.67. The van der Waals surface area contributed by atoms with Gasteiger partial charge in [-0.15, -0.1) is 0 Å². The predicted molar refractivity (Wildman–Crippen MR) is 72.5 cm³/mol. The van der Waals surface area contributed by atoms with Crippen molar-refractivity contribution in [2.45, 2.75) is 0 Å². The van der Waals surface area contributed by atoms with Gasteiger partial charge in [-0.25, -0.2) is 0 Å². The molecule has 0 saturated heterocycles. The van der Waals surface area contributed by atoms with Crippen molar-refractivity contribution in [2.24, 2.45) is 0 Å². The predicted octanol–water partition coefficient (Wildman–Crippen LogP) is 2.82. The van der Waals surface area contributed by atoms with Crippen LogP contribution in [0.5, 0.6) is 5.75 Å². The number of methoxy groups -OCH3 is 1. The Morgan fingerprint density at radius 3 is 2.83 bits per heavy atom. The molecule has 4 heteroatoms. The van der Waals surface area contributed by atoms with E-state index in [1.807, 2.05) is 42.5 Å². The van der Waals surface area contributed by atoms with E-state index in [2.05, 4.69) is 10.2 Å². The Morgan fingerprint density at radius 2 is 2.00 bits per heavy atom. The summed E-state index contributed by atoms with van der Waals surface area (Å²) >= 11 is 0. The summed E-state index contributed by atoms with van der Waals surface area (Å²) in [6, 6.07) is 13.9. The Kier molecular flexibility index (Phi) is 2.41. The van der Waals surface area contributed by atoms with Crippen LogP contribution in [-0.4, -0.2) is 17.3 Å². The van der Waals surface area contributed by atoms with Gasteiger partial charge in [0.1, 0.15) is 5.75 Å². The van der Waals surface area contributed by atoms with Gasteiger partial charge in [0.25, 0.3) is 0 Å². The number of nitrogens with two attached hydrogens (primary N) is 1. The summed E-state index contributed by atoms with van der Waals surface area (Å²) in [5.41, 5.74) is 8.86. The number of benzene rings is 2. The highest BCUT2D eigenvalue weighted by Crippen LogP contribution is 2.32. The van der Waals surface area contributed by atoms with Gasteiger partial charge >= 0.3 is 0 Å². The molecule has 1 heterocycles. The summed E-state index contributed by atoms with van der Waals surface area (Å²) in [5.74, 6) is 1.36. The number of ether oxygens (including phenoxy) is 1. The van der Waals surface area contributed by atoms with Gasteiger partial charge in [0.15, 0.2) is 5.82 Å². The first-order valence-electron chi connectivity index (χ1n) is 5.66. The normalized spacial score (nSPS) is 10.7. The minimum absolute atomic E-state index is 0.516. The second kappa shape index (κ2) is 4.07. The van der Waals surface area contributed by atoms with Crippen molar-refractivity contribution in [1.29, 1.82) is 0 Å². The Bertz CT molecular complexity index is 703. The second-order valence-electron chi connectivity index (χ2n) is 4.07. The zero-order valence-corrected chi connectivity index (χ0v) is 9.97. The van der Waals surface area contributed by atoms with E-state index in [1.165, 1.54) is 0 Å². The second-order valence-corrected chi connectivity index (χ2v) is 4.07. The fourth-order valence-corrected chi connectivity index (χ4v) is 2.09. The number of aromatic nitrogens is 2. The molecule has 0 fully saturated rings. The van der Waals surface area contributed by atoms with Crippen LogP contribution < -0.4 is 10.5 Å². The third kappa shape index (κ3) is 1.59. The van der Waals surface area contributed by atoms with Crippen LogP contribution in [0.2, 0.25) is 0 Å². The lowest BCUT2D eigenvalue weighted by atomic mass is 10.0. The molecule has 3 aromatic rings. The van der Waals surface area contributed by atoms with Crippen LogP contribution in [0.3, 0.4) is 0 Å². The van der Waals surface area contributed by atoms with E-state index in [4.69, 9.17) is 10.5 Å². The van der Waals surface area contributed by atoms with Crippen molar-refractivity contribution >= 4 is 16.7 Å². The third-order valence-electron chi connectivity index (χ3n) is 3.01. The van der Waals surface area contributed by atoms with Crippen molar-refractivity contribution < 1.29 is 4.74 Å². The number of nitrogens with one attached hydrogen (secondary N) is 1. The zero-order chi connectivity index (χ0) is 12.5. The Morgan fingerprint density at radius 1 is 1.17 bits per heavy atom. The molecule has 0 atom stereocenters. The molecule has 0 aliphatic rings. The Hall–Kier alpha value is -2.49. The molecule has 0 amide bonds. The molecule has 3 N–H and O–H groups in total. The molecule has 0 saturated carbocycles. The summed E-state index contributed by atoms with van der Waals surface area (Å²) in [6.07, 6.45) is 0. The molecule has 0 unspecified atom stereocenters. The number of H-pyrrole nitrogens is 1. The summed E-state index contributed by atoms with van der Waals surface area (Å²) in [4.78, 5) is 0. The number of hydrogen-bond donors (Lipinski definition) is 2. The summed E-state index contributed by atoms with van der Waals surface area (Å²) < 4.78 is 5.37. The SMILES string of the molecule is COc1ccccc1-c1ccc2[nH]nc(N)c2c1. The lowest BCUT2D eigenvalue weighted by Gasteiger charge is -2.08. The van der Waals surface area contributed by atoms with Crippen LogP contribution in [0.25, 0.3) is 22.0 Å². The molecule has 18 heavy (non-hydrogen) atoms. The third-order valence-corrected chi connectivity index (χ3v) is 3.01. The fraction of sp³-hybridized carbons (Fsp3) is 0.0714. The smallest absolute Gasteiger partial charge is 0.153 e. The molecule has 0 aliphatic carbocycles. The van der Waals surface area contributed by atoms with E-state index in [0.29, 0.717) is 5.82 Å². The van der Waals surface area contributed by atoms with Gasteiger partial charge < -0.3 is 10.5 Å². The molecule has 0 radical (unpaired) electrons. The molecule has 0 bridgehead atoms. The van der Waals surface area contributed by atoms with Crippen molar-refractivity contribution in [3.8, 4) is 16.9 Å². The van der Waals surface area contributed by atoms with Gasteiger partial charge in [-0.1, -0.05) is 24.3 Å². The van der Waals surface area contributed by atoms with Gasteiger partial charge in [0, 0.05) is 10.9 Å². The molecule has 0 spiro atoms. The van der Waals surface area contributed by atoms with Gasteiger partial charge in [-0.3, -0.25) is 5.10 Å². The van der Waals surface area contributed by atoms with Gasteiger partial charge in [0.2, 0.25) is 0 Å².